The number of phenolic OH excluding ortho intramolecular Hbond substituents is 1. The molecule has 15 N–H and O–H groups in total. The number of carboxylic acids is 3. The molecule has 0 aliphatic rings. The minimum Gasteiger partial charge on any atom is -0.508 e. The first-order valence-corrected chi connectivity index (χ1v) is 25.7. The largest absolute Gasteiger partial charge is 0.508 e. The maximum Gasteiger partial charge on any atom is 0.326 e. The first-order chi connectivity index (χ1) is 34.5. The quantitative estimate of drug-likeness (QED) is 0.0388. The Morgan fingerprint density at radius 3 is 1.45 bits per heavy atom. The van der Waals surface area contributed by atoms with Crippen molar-refractivity contribution >= 4 is 76.9 Å². The van der Waals surface area contributed by atoms with Gasteiger partial charge in [0, 0.05) is 19.3 Å². The molecule has 0 aliphatic heterocycles. The molecule has 0 radical (unpaired) electrons. The van der Waals surface area contributed by atoms with Gasteiger partial charge >= 0.3 is 17.9 Å². The highest BCUT2D eigenvalue weighted by atomic mass is 32.2. The van der Waals surface area contributed by atoms with E-state index in [1.807, 2.05) is 13.8 Å². The van der Waals surface area contributed by atoms with E-state index in [4.69, 9.17) is 5.73 Å². The summed E-state index contributed by atoms with van der Waals surface area (Å²) >= 11 is 1.39. The molecule has 11 atom stereocenters. The highest BCUT2D eigenvalue weighted by Crippen LogP contribution is 2.15. The first-order valence-electron chi connectivity index (χ1n) is 24.3. The third-order valence-electron chi connectivity index (χ3n) is 11.7. The van der Waals surface area contributed by atoms with Gasteiger partial charge in [0.2, 0.25) is 47.3 Å². The van der Waals surface area contributed by atoms with E-state index < -0.39 is 163 Å². The molecule has 8 amide bonds. The molecule has 0 saturated carbocycles. The molecule has 0 unspecified atom stereocenters. The topological polar surface area (TPSA) is 411 Å². The van der Waals surface area contributed by atoms with Crippen LogP contribution in [0.2, 0.25) is 0 Å². The summed E-state index contributed by atoms with van der Waals surface area (Å²) in [6, 6.07) is -7.72. The number of hydrogen-bond acceptors (Lipinski definition) is 15. The van der Waals surface area contributed by atoms with Gasteiger partial charge < -0.3 is 73.8 Å². The fourth-order valence-electron chi connectivity index (χ4n) is 7.13. The monoisotopic (exact) mass is 1070 g/mol. The summed E-state index contributed by atoms with van der Waals surface area (Å²) in [5.74, 6) is -12.6. The van der Waals surface area contributed by atoms with Crippen molar-refractivity contribution in [3.63, 3.8) is 0 Å². The summed E-state index contributed by atoms with van der Waals surface area (Å²) < 4.78 is 0. The molecule has 26 heteroatoms. The number of hydrogen-bond donors (Lipinski definition) is 14. The van der Waals surface area contributed by atoms with Gasteiger partial charge in [-0.05, 0) is 87.0 Å². The number of carbonyl (C=O) groups is 11. The summed E-state index contributed by atoms with van der Waals surface area (Å²) in [4.78, 5) is 144. The van der Waals surface area contributed by atoms with Crippen LogP contribution >= 0.6 is 11.8 Å². The minimum atomic E-state index is -1.80. The number of nitrogens with one attached hydrogen (secondary N) is 8. The van der Waals surface area contributed by atoms with Gasteiger partial charge in [-0.3, -0.25) is 47.9 Å². The zero-order chi connectivity index (χ0) is 56.6. The van der Waals surface area contributed by atoms with Crippen molar-refractivity contribution in [3.05, 3.63) is 29.8 Å². The molecular weight excluding hydrogens is 991 g/mol. The predicted molar refractivity (Wildman–Crippen MR) is 271 cm³/mol. The lowest BCUT2D eigenvalue weighted by atomic mass is 9.96. The number of aliphatic carboxylic acids is 3. The van der Waals surface area contributed by atoms with Gasteiger partial charge in [-0.15, -0.1) is 0 Å². The van der Waals surface area contributed by atoms with Crippen LogP contribution in [-0.2, 0) is 59.2 Å². The van der Waals surface area contributed by atoms with Gasteiger partial charge in [0.15, 0.2) is 0 Å². The van der Waals surface area contributed by atoms with E-state index in [-0.39, 0.29) is 24.5 Å². The van der Waals surface area contributed by atoms with E-state index in [0.29, 0.717) is 24.2 Å². The summed E-state index contributed by atoms with van der Waals surface area (Å²) in [6.45, 7) is 12.6. The van der Waals surface area contributed by atoms with Crippen molar-refractivity contribution in [2.75, 3.05) is 12.0 Å². The van der Waals surface area contributed by atoms with Crippen LogP contribution in [0.3, 0.4) is 0 Å². The summed E-state index contributed by atoms with van der Waals surface area (Å²) in [6.07, 6.45) is -2.03. The number of phenols is 1. The van der Waals surface area contributed by atoms with Crippen molar-refractivity contribution < 1.29 is 78.3 Å². The molecule has 0 spiro atoms. The smallest absolute Gasteiger partial charge is 0.326 e. The van der Waals surface area contributed by atoms with Crippen LogP contribution in [0.15, 0.2) is 24.3 Å². The Kier molecular flexibility index (Phi) is 28.8. The lowest BCUT2D eigenvalue weighted by Crippen LogP contribution is -2.62. The van der Waals surface area contributed by atoms with Crippen LogP contribution in [0, 0.1) is 17.8 Å². The summed E-state index contributed by atoms with van der Waals surface area (Å²) in [5.41, 5.74) is 6.34. The van der Waals surface area contributed by atoms with E-state index in [0.717, 1.165) is 6.92 Å². The first kappa shape index (κ1) is 65.5. The fraction of sp³-hybridized carbons (Fsp3) is 0.646. The van der Waals surface area contributed by atoms with Crippen molar-refractivity contribution in [3.8, 4) is 5.75 Å². The number of carbonyl (C=O) groups excluding carboxylic acids is 8. The lowest BCUT2D eigenvalue weighted by molar-refractivity contribution is -0.144. The maximum absolute atomic E-state index is 14.2. The van der Waals surface area contributed by atoms with Gasteiger partial charge in [0.1, 0.15) is 54.1 Å². The molecule has 0 aromatic heterocycles. The summed E-state index contributed by atoms with van der Waals surface area (Å²) in [5, 5.41) is 68.8. The van der Waals surface area contributed by atoms with E-state index in [2.05, 4.69) is 42.5 Å². The van der Waals surface area contributed by atoms with Crippen LogP contribution in [0.25, 0.3) is 0 Å². The second-order valence-electron chi connectivity index (χ2n) is 18.9. The third-order valence-corrected chi connectivity index (χ3v) is 12.4. The van der Waals surface area contributed by atoms with E-state index in [9.17, 15) is 78.3 Å². The average molecular weight is 1070 g/mol. The Bertz CT molecular complexity index is 2090. The average Bonchev–Trinajstić information content (AvgIpc) is 3.31. The fourth-order valence-corrected chi connectivity index (χ4v) is 7.60. The molecule has 0 saturated heterocycles. The molecule has 1 aromatic carbocycles. The highest BCUT2D eigenvalue weighted by molar-refractivity contribution is 7.98. The number of benzene rings is 1. The van der Waals surface area contributed by atoms with Crippen LogP contribution < -0.4 is 48.3 Å². The summed E-state index contributed by atoms with van der Waals surface area (Å²) in [7, 11) is 0. The highest BCUT2D eigenvalue weighted by Gasteiger charge is 2.37. The van der Waals surface area contributed by atoms with Crippen molar-refractivity contribution in [1.29, 1.82) is 0 Å². The Balaban J connectivity index is 3.55. The number of nitrogens with two attached hydrogens (primary N) is 1. The van der Waals surface area contributed by atoms with Crippen molar-refractivity contribution in [2.45, 2.75) is 167 Å². The molecule has 0 heterocycles. The van der Waals surface area contributed by atoms with E-state index in [1.54, 1.807) is 34.0 Å². The SMILES string of the molecule is CC[C@H](C)[C@H](NC(=O)[C@@H](NC(=O)[C@H](Cc1ccc(O)cc1)NC(=O)[C@H](CCC(=O)O)NC(=O)[C@H](CCC(=O)O)NC(=O)[C@H](C)NC(=O)[C@H](CCSC)NC(=O)[C@@H](N)CC(C)C)[C@@H](C)O)C(=O)N[C@H](C(=O)O)C(C)C. The van der Waals surface area contributed by atoms with Crippen LogP contribution in [-0.4, -0.2) is 163 Å². The number of aliphatic hydroxyl groups is 1. The second kappa shape index (κ2) is 32.6. The third kappa shape index (κ3) is 23.6. The van der Waals surface area contributed by atoms with E-state index in [1.165, 1.54) is 43.0 Å². The Morgan fingerprint density at radius 2 is 0.986 bits per heavy atom. The Labute approximate surface area is 434 Å². The lowest BCUT2D eigenvalue weighted by Gasteiger charge is -2.30. The Hall–Kier alpha value is -6.54. The maximum atomic E-state index is 14.2. The molecular formula is C48H77N9O16S. The molecule has 1 rings (SSSR count). The van der Waals surface area contributed by atoms with Gasteiger partial charge in [-0.2, -0.15) is 11.8 Å². The zero-order valence-electron chi connectivity index (χ0n) is 43.4. The van der Waals surface area contributed by atoms with Crippen molar-refractivity contribution in [1.82, 2.24) is 42.5 Å². The molecule has 0 aliphatic carbocycles. The standard InChI is InChI=1S/C48H77N9O16S/c1-10-25(6)38(46(70)55-37(24(4)5)48(72)73)56-47(71)39(27(8)58)57-45(69)34(22-28-11-13-29(59)14-12-28)54-44(68)32(16-18-36(62)63)53-43(67)31(15-17-35(60)61)51-40(64)26(7)50-42(66)33(19-20-74-9)52-41(65)30(49)21-23(2)3/h11-14,23-27,30-34,37-39,58-59H,10,15-22,49H2,1-9H3,(H,50,66)(H,51,64)(H,52,65)(H,53,67)(H,54,68)(H,55,70)(H,56,71)(H,57,69)(H,60,61)(H,62,63)(H,72,73)/t25-,26-,27+,30-,31-,32-,33-,34-,37-,38-,39-/m0/s1. The van der Waals surface area contributed by atoms with Crippen LogP contribution in [0.4, 0.5) is 0 Å². The molecule has 74 heavy (non-hydrogen) atoms. The molecule has 1 aromatic rings. The normalized spacial score (nSPS) is 15.7. The second-order valence-corrected chi connectivity index (χ2v) is 19.9. The van der Waals surface area contributed by atoms with Crippen LogP contribution in [0.5, 0.6) is 5.75 Å². The number of amides is 8. The zero-order valence-corrected chi connectivity index (χ0v) is 44.2. The molecule has 25 nitrogen and oxygen atoms in total. The van der Waals surface area contributed by atoms with Crippen molar-refractivity contribution in [2.24, 2.45) is 23.5 Å². The Morgan fingerprint density at radius 1 is 0.554 bits per heavy atom. The van der Waals surface area contributed by atoms with Gasteiger partial charge in [0.25, 0.3) is 0 Å². The molecule has 0 bridgehead atoms. The number of aromatic hydroxyl groups is 1. The van der Waals surface area contributed by atoms with Gasteiger partial charge in [0.05, 0.1) is 12.1 Å². The number of thioether (sulfide) groups is 1. The van der Waals surface area contributed by atoms with Gasteiger partial charge in [-0.25, -0.2) is 4.79 Å². The van der Waals surface area contributed by atoms with Gasteiger partial charge in [-0.1, -0.05) is 60.1 Å². The number of rotatable bonds is 34. The van der Waals surface area contributed by atoms with E-state index >= 15 is 0 Å². The molecule has 416 valence electrons. The number of aliphatic hydroxyl groups excluding tert-OH is 1. The number of carboxylic acid groups (broad SMARTS) is 3. The minimum absolute atomic E-state index is 0.0777. The predicted octanol–water partition coefficient (Wildman–Crippen LogP) is -1.14. The molecule has 0 fully saturated rings. The van der Waals surface area contributed by atoms with Crippen LogP contribution in [0.1, 0.15) is 106 Å².